The van der Waals surface area contributed by atoms with Crippen molar-refractivity contribution in [2.24, 2.45) is 4.99 Å². The van der Waals surface area contributed by atoms with Crippen LogP contribution in [0.4, 0.5) is 0 Å². The van der Waals surface area contributed by atoms with E-state index in [0.717, 1.165) is 43.5 Å². The molecular formula is C14H21N3O2. The van der Waals surface area contributed by atoms with E-state index in [2.05, 4.69) is 28.3 Å². The molecular weight excluding hydrogens is 242 g/mol. The molecule has 0 bridgehead atoms. The largest absolute Gasteiger partial charge is 0.493 e. The highest BCUT2D eigenvalue weighted by molar-refractivity contribution is 5.81. The average molecular weight is 263 g/mol. The van der Waals surface area contributed by atoms with Crippen LogP contribution in [0.15, 0.2) is 23.2 Å². The van der Waals surface area contributed by atoms with E-state index < -0.39 is 0 Å². The maximum Gasteiger partial charge on any atom is 0.193 e. The molecule has 1 N–H and O–H groups in total. The molecule has 5 heteroatoms. The van der Waals surface area contributed by atoms with Gasteiger partial charge in [0.15, 0.2) is 17.5 Å². The summed E-state index contributed by atoms with van der Waals surface area (Å²) in [6, 6.07) is 6.01. The highest BCUT2D eigenvalue weighted by atomic mass is 16.5. The maximum absolute atomic E-state index is 5.30. The number of rotatable bonds is 5. The van der Waals surface area contributed by atoms with Crippen molar-refractivity contribution < 1.29 is 9.47 Å². The SMILES string of the molecule is COc1ccc(CCNC2=NCCN2C)cc1OC. The summed E-state index contributed by atoms with van der Waals surface area (Å²) < 4.78 is 10.5. The molecule has 104 valence electrons. The van der Waals surface area contributed by atoms with E-state index in [1.54, 1.807) is 14.2 Å². The second-order valence-corrected chi connectivity index (χ2v) is 4.49. The maximum atomic E-state index is 5.30. The Morgan fingerprint density at radius 2 is 2.05 bits per heavy atom. The van der Waals surface area contributed by atoms with Gasteiger partial charge in [-0.2, -0.15) is 0 Å². The molecule has 0 saturated heterocycles. The standard InChI is InChI=1S/C14H21N3O2/c1-17-9-8-16-14(17)15-7-6-11-4-5-12(18-2)13(10-11)19-3/h4-5,10H,6-9H2,1-3H3,(H,15,16). The summed E-state index contributed by atoms with van der Waals surface area (Å²) in [5, 5.41) is 3.35. The van der Waals surface area contributed by atoms with Crippen molar-refractivity contribution in [2.75, 3.05) is 40.9 Å². The second-order valence-electron chi connectivity index (χ2n) is 4.49. The normalized spacial score (nSPS) is 14.3. The number of ether oxygens (including phenoxy) is 2. The lowest BCUT2D eigenvalue weighted by Gasteiger charge is -2.15. The summed E-state index contributed by atoms with van der Waals surface area (Å²) in [6.07, 6.45) is 0.924. The number of nitrogens with zero attached hydrogens (tertiary/aromatic N) is 2. The van der Waals surface area contributed by atoms with Crippen LogP contribution in [0.2, 0.25) is 0 Å². The van der Waals surface area contributed by atoms with Crippen LogP contribution in [0.5, 0.6) is 11.5 Å². The first-order valence-electron chi connectivity index (χ1n) is 6.45. The molecule has 2 rings (SSSR count). The van der Waals surface area contributed by atoms with Crippen LogP contribution in [-0.4, -0.2) is 51.8 Å². The molecule has 0 radical (unpaired) electrons. The molecule has 1 aliphatic heterocycles. The van der Waals surface area contributed by atoms with Gasteiger partial charge in [0, 0.05) is 20.1 Å². The zero-order chi connectivity index (χ0) is 13.7. The molecule has 0 spiro atoms. The fraction of sp³-hybridized carbons (Fsp3) is 0.500. The van der Waals surface area contributed by atoms with E-state index >= 15 is 0 Å². The van der Waals surface area contributed by atoms with Crippen LogP contribution in [0.25, 0.3) is 0 Å². The molecule has 19 heavy (non-hydrogen) atoms. The van der Waals surface area contributed by atoms with Crippen LogP contribution in [0, 0.1) is 0 Å². The summed E-state index contributed by atoms with van der Waals surface area (Å²) >= 11 is 0. The van der Waals surface area contributed by atoms with Gasteiger partial charge in [-0.3, -0.25) is 4.99 Å². The van der Waals surface area contributed by atoms with E-state index in [-0.39, 0.29) is 0 Å². The Labute approximate surface area is 114 Å². The lowest BCUT2D eigenvalue weighted by Crippen LogP contribution is -2.36. The third-order valence-corrected chi connectivity index (χ3v) is 3.20. The summed E-state index contributed by atoms with van der Waals surface area (Å²) in [7, 11) is 5.35. The molecule has 0 aliphatic carbocycles. The molecule has 0 aromatic heterocycles. The third-order valence-electron chi connectivity index (χ3n) is 3.20. The minimum Gasteiger partial charge on any atom is -0.493 e. The van der Waals surface area contributed by atoms with Crippen molar-refractivity contribution in [3.63, 3.8) is 0 Å². The summed E-state index contributed by atoms with van der Waals surface area (Å²) in [5.41, 5.74) is 1.21. The fourth-order valence-electron chi connectivity index (χ4n) is 2.08. The molecule has 0 amide bonds. The van der Waals surface area contributed by atoms with Crippen LogP contribution in [0.1, 0.15) is 5.56 Å². The minimum absolute atomic E-state index is 0.763. The Bertz CT molecular complexity index is 460. The van der Waals surface area contributed by atoms with Gasteiger partial charge in [-0.25, -0.2) is 0 Å². The number of methoxy groups -OCH3 is 2. The fourth-order valence-corrected chi connectivity index (χ4v) is 2.08. The molecule has 1 heterocycles. The van der Waals surface area contributed by atoms with E-state index in [1.807, 2.05) is 12.1 Å². The zero-order valence-electron chi connectivity index (χ0n) is 11.8. The molecule has 1 aliphatic rings. The van der Waals surface area contributed by atoms with Gasteiger partial charge in [0.05, 0.1) is 20.8 Å². The lowest BCUT2D eigenvalue weighted by molar-refractivity contribution is 0.354. The highest BCUT2D eigenvalue weighted by Gasteiger charge is 2.11. The van der Waals surface area contributed by atoms with Crippen molar-refractivity contribution in [2.45, 2.75) is 6.42 Å². The van der Waals surface area contributed by atoms with Gasteiger partial charge >= 0.3 is 0 Å². The number of aliphatic imine (C=N–C) groups is 1. The van der Waals surface area contributed by atoms with E-state index in [4.69, 9.17) is 9.47 Å². The Balaban J connectivity index is 1.89. The van der Waals surface area contributed by atoms with Crippen molar-refractivity contribution in [1.29, 1.82) is 0 Å². The van der Waals surface area contributed by atoms with Crippen LogP contribution in [-0.2, 0) is 6.42 Å². The quantitative estimate of drug-likeness (QED) is 0.865. The van der Waals surface area contributed by atoms with E-state index in [1.165, 1.54) is 5.56 Å². The lowest BCUT2D eigenvalue weighted by atomic mass is 10.1. The predicted molar refractivity (Wildman–Crippen MR) is 76.2 cm³/mol. The smallest absolute Gasteiger partial charge is 0.193 e. The monoisotopic (exact) mass is 263 g/mol. The number of hydrogen-bond donors (Lipinski definition) is 1. The highest BCUT2D eigenvalue weighted by Crippen LogP contribution is 2.27. The number of nitrogens with one attached hydrogen (secondary N) is 1. The molecule has 0 saturated carbocycles. The Morgan fingerprint density at radius 3 is 2.68 bits per heavy atom. The van der Waals surface area contributed by atoms with Crippen LogP contribution < -0.4 is 14.8 Å². The third kappa shape index (κ3) is 3.30. The van der Waals surface area contributed by atoms with Gasteiger partial charge in [0.25, 0.3) is 0 Å². The van der Waals surface area contributed by atoms with Gasteiger partial charge in [-0.15, -0.1) is 0 Å². The van der Waals surface area contributed by atoms with Crippen molar-refractivity contribution in [3.8, 4) is 11.5 Å². The molecule has 0 unspecified atom stereocenters. The first-order valence-corrected chi connectivity index (χ1v) is 6.45. The van der Waals surface area contributed by atoms with Gasteiger partial charge in [0.1, 0.15) is 0 Å². The molecule has 0 atom stereocenters. The predicted octanol–water partition coefficient (Wildman–Crippen LogP) is 1.14. The summed E-state index contributed by atoms with van der Waals surface area (Å²) in [5.74, 6) is 2.52. The first-order chi connectivity index (χ1) is 9.24. The summed E-state index contributed by atoms with van der Waals surface area (Å²) in [4.78, 5) is 6.53. The second kappa shape index (κ2) is 6.31. The van der Waals surface area contributed by atoms with Gasteiger partial charge < -0.3 is 19.7 Å². The molecule has 1 aromatic carbocycles. The Morgan fingerprint density at radius 1 is 1.26 bits per heavy atom. The van der Waals surface area contributed by atoms with Gasteiger partial charge in [-0.1, -0.05) is 6.07 Å². The van der Waals surface area contributed by atoms with Crippen molar-refractivity contribution >= 4 is 5.96 Å². The van der Waals surface area contributed by atoms with Crippen molar-refractivity contribution in [3.05, 3.63) is 23.8 Å². The van der Waals surface area contributed by atoms with Gasteiger partial charge in [-0.05, 0) is 24.1 Å². The van der Waals surface area contributed by atoms with E-state index in [9.17, 15) is 0 Å². The minimum atomic E-state index is 0.763. The van der Waals surface area contributed by atoms with Crippen LogP contribution >= 0.6 is 0 Å². The first kappa shape index (κ1) is 13.5. The number of benzene rings is 1. The number of guanidine groups is 1. The van der Waals surface area contributed by atoms with Crippen molar-refractivity contribution in [1.82, 2.24) is 10.2 Å². The van der Waals surface area contributed by atoms with Gasteiger partial charge in [0.2, 0.25) is 0 Å². The average Bonchev–Trinajstić information content (AvgIpc) is 2.84. The number of hydrogen-bond acceptors (Lipinski definition) is 5. The molecule has 1 aromatic rings. The number of likely N-dealkylation sites (N-methyl/N-ethyl adjacent to an activating group) is 1. The van der Waals surface area contributed by atoms with E-state index in [0.29, 0.717) is 0 Å². The topological polar surface area (TPSA) is 46.1 Å². The van der Waals surface area contributed by atoms with Crippen LogP contribution in [0.3, 0.4) is 0 Å². The molecule has 0 fully saturated rings. The Hall–Kier alpha value is -1.91. The zero-order valence-corrected chi connectivity index (χ0v) is 11.8. The Kier molecular flexibility index (Phi) is 4.49. The molecule has 5 nitrogen and oxygen atoms in total. The summed E-state index contributed by atoms with van der Waals surface area (Å²) in [6.45, 7) is 2.74.